The Labute approximate surface area is 185 Å². The van der Waals surface area contributed by atoms with Crippen molar-refractivity contribution in [3.63, 3.8) is 0 Å². The van der Waals surface area contributed by atoms with Crippen LogP contribution < -0.4 is 0 Å². The van der Waals surface area contributed by atoms with Gasteiger partial charge in [0.2, 0.25) is 5.89 Å². The predicted molar refractivity (Wildman–Crippen MR) is 123 cm³/mol. The van der Waals surface area contributed by atoms with E-state index in [2.05, 4.69) is 34.5 Å². The van der Waals surface area contributed by atoms with Crippen LogP contribution in [0.3, 0.4) is 0 Å². The smallest absolute Gasteiger partial charge is 0.276 e. The third kappa shape index (κ3) is 3.59. The molecule has 1 aliphatic rings. The van der Waals surface area contributed by atoms with Gasteiger partial charge in [-0.15, -0.1) is 10.2 Å². The lowest BCUT2D eigenvalue weighted by Crippen LogP contribution is -2.27. The Morgan fingerprint density at radius 2 is 1.45 bits per heavy atom. The number of thioether (sulfide) groups is 1. The van der Waals surface area contributed by atoms with Crippen molar-refractivity contribution in [2.24, 2.45) is 0 Å². The molecule has 0 fully saturated rings. The molecule has 0 unspecified atom stereocenters. The quantitative estimate of drug-likeness (QED) is 0.192. The summed E-state index contributed by atoms with van der Waals surface area (Å²) in [5.74, 6) is 1.41. The molecule has 0 aliphatic heterocycles. The Balaban J connectivity index is 1.23. The van der Waals surface area contributed by atoms with Gasteiger partial charge in [0.15, 0.2) is 0 Å². The van der Waals surface area contributed by atoms with Crippen LogP contribution in [0.1, 0.15) is 30.4 Å². The molecule has 0 spiro atoms. The number of hydrogen-bond donors (Lipinski definition) is 0. The topological polar surface area (TPSA) is 56.0 Å². The van der Waals surface area contributed by atoms with Crippen LogP contribution in [-0.4, -0.2) is 22.2 Å². The summed E-state index contributed by atoms with van der Waals surface area (Å²) in [6, 6.07) is 26.4. The maximum atomic E-state index is 12.4. The van der Waals surface area contributed by atoms with Gasteiger partial charge in [-0.1, -0.05) is 84.9 Å². The molecule has 0 saturated carbocycles. The predicted octanol–water partition coefficient (Wildman–Crippen LogP) is 6.16. The number of aldehydes is 1. The minimum absolute atomic E-state index is 0.544. The van der Waals surface area contributed by atoms with Gasteiger partial charge in [0.25, 0.3) is 5.22 Å². The number of rotatable bonds is 8. The zero-order valence-corrected chi connectivity index (χ0v) is 17.8. The van der Waals surface area contributed by atoms with E-state index >= 15 is 0 Å². The van der Waals surface area contributed by atoms with Gasteiger partial charge in [-0.2, -0.15) is 0 Å². The number of aromatic nitrogens is 2. The molecule has 0 N–H and O–H groups in total. The fourth-order valence-corrected chi connectivity index (χ4v) is 5.20. The molecule has 0 saturated heterocycles. The molecular weight excluding hydrogens is 404 g/mol. The Morgan fingerprint density at radius 3 is 2.13 bits per heavy atom. The normalized spacial score (nSPS) is 13.5. The molecule has 0 atom stereocenters. The second-order valence-corrected chi connectivity index (χ2v) is 8.77. The molecule has 1 aliphatic carbocycles. The largest absolute Gasteiger partial charge is 0.411 e. The molecule has 5 rings (SSSR count). The van der Waals surface area contributed by atoms with Crippen LogP contribution in [0.2, 0.25) is 0 Å². The number of unbranched alkanes of at least 4 members (excludes halogenated alkanes) is 1. The number of hydrogen-bond acceptors (Lipinski definition) is 5. The van der Waals surface area contributed by atoms with Gasteiger partial charge >= 0.3 is 0 Å². The van der Waals surface area contributed by atoms with Crippen LogP contribution in [0, 0.1) is 0 Å². The summed E-state index contributed by atoms with van der Waals surface area (Å²) in [5, 5.41) is 8.87. The highest BCUT2D eigenvalue weighted by molar-refractivity contribution is 7.99. The van der Waals surface area contributed by atoms with E-state index in [1.54, 1.807) is 11.8 Å². The van der Waals surface area contributed by atoms with Crippen molar-refractivity contribution in [3.05, 3.63) is 90.0 Å². The average molecular weight is 427 g/mol. The molecule has 0 radical (unpaired) electrons. The maximum absolute atomic E-state index is 12.4. The van der Waals surface area contributed by atoms with E-state index in [1.807, 2.05) is 54.6 Å². The summed E-state index contributed by atoms with van der Waals surface area (Å²) in [5.41, 5.74) is 4.99. The highest BCUT2D eigenvalue weighted by Gasteiger charge is 2.42. The first-order valence-electron chi connectivity index (χ1n) is 10.5. The van der Waals surface area contributed by atoms with Gasteiger partial charge in [0.1, 0.15) is 6.29 Å². The van der Waals surface area contributed by atoms with Crippen molar-refractivity contribution >= 4 is 18.0 Å². The summed E-state index contributed by atoms with van der Waals surface area (Å²) in [4.78, 5) is 12.4. The molecule has 3 aromatic carbocycles. The van der Waals surface area contributed by atoms with Gasteiger partial charge in [0, 0.05) is 11.3 Å². The van der Waals surface area contributed by atoms with Gasteiger partial charge in [0.05, 0.1) is 5.41 Å². The monoisotopic (exact) mass is 426 g/mol. The van der Waals surface area contributed by atoms with Crippen molar-refractivity contribution < 1.29 is 9.21 Å². The summed E-state index contributed by atoms with van der Waals surface area (Å²) in [6.07, 6.45) is 3.85. The minimum atomic E-state index is -0.553. The van der Waals surface area contributed by atoms with E-state index < -0.39 is 5.41 Å². The van der Waals surface area contributed by atoms with Crippen molar-refractivity contribution in [1.29, 1.82) is 0 Å². The molecule has 4 aromatic rings. The third-order valence-electron chi connectivity index (χ3n) is 5.92. The summed E-state index contributed by atoms with van der Waals surface area (Å²) in [6.45, 7) is 0. The van der Waals surface area contributed by atoms with E-state index in [-0.39, 0.29) is 0 Å². The highest BCUT2D eigenvalue weighted by Crippen LogP contribution is 2.50. The molecule has 31 heavy (non-hydrogen) atoms. The van der Waals surface area contributed by atoms with Crippen LogP contribution in [0.25, 0.3) is 22.6 Å². The highest BCUT2D eigenvalue weighted by atomic mass is 32.2. The molecule has 1 aromatic heterocycles. The third-order valence-corrected chi connectivity index (χ3v) is 6.83. The number of benzene rings is 3. The fraction of sp³-hybridized carbons (Fsp3) is 0.192. The number of fused-ring (bicyclic) bond motifs is 3. The van der Waals surface area contributed by atoms with E-state index in [4.69, 9.17) is 4.42 Å². The first-order valence-corrected chi connectivity index (χ1v) is 11.5. The number of nitrogens with zero attached hydrogens (tertiary/aromatic N) is 2. The number of carbonyl (C=O) groups excluding carboxylic acids is 1. The standard InChI is InChI=1S/C26H22N2O2S/c29-18-26(22-14-6-4-12-20(22)21-13-5-7-15-23(21)26)16-8-9-17-31-25-28-27-24(30-25)19-10-2-1-3-11-19/h1-7,10-15,18H,8-9,16-17H2. The molecule has 0 amide bonds. The Bertz CT molecular complexity index is 1160. The molecule has 0 bridgehead atoms. The van der Waals surface area contributed by atoms with E-state index in [1.165, 1.54) is 11.1 Å². The van der Waals surface area contributed by atoms with Crippen molar-refractivity contribution in [1.82, 2.24) is 10.2 Å². The second-order valence-electron chi connectivity index (χ2n) is 7.73. The molecule has 1 heterocycles. The summed E-state index contributed by atoms with van der Waals surface area (Å²) in [7, 11) is 0. The molecule has 4 nitrogen and oxygen atoms in total. The van der Waals surface area contributed by atoms with Gasteiger partial charge in [-0.25, -0.2) is 0 Å². The van der Waals surface area contributed by atoms with Crippen molar-refractivity contribution in [2.45, 2.75) is 29.9 Å². The van der Waals surface area contributed by atoms with Crippen LogP contribution in [0.5, 0.6) is 0 Å². The molecular formula is C26H22N2O2S. The lowest BCUT2D eigenvalue weighted by atomic mass is 9.75. The lowest BCUT2D eigenvalue weighted by molar-refractivity contribution is -0.111. The van der Waals surface area contributed by atoms with Crippen LogP contribution in [-0.2, 0) is 10.2 Å². The van der Waals surface area contributed by atoms with Gasteiger partial charge in [-0.05, 0) is 47.2 Å². The Morgan fingerprint density at radius 1 is 0.806 bits per heavy atom. The number of carbonyl (C=O) groups is 1. The zero-order chi connectivity index (χ0) is 21.1. The zero-order valence-electron chi connectivity index (χ0n) is 17.0. The van der Waals surface area contributed by atoms with Crippen molar-refractivity contribution in [3.8, 4) is 22.6 Å². The van der Waals surface area contributed by atoms with Gasteiger partial charge < -0.3 is 9.21 Å². The van der Waals surface area contributed by atoms with E-state index in [0.717, 1.165) is 48.0 Å². The van der Waals surface area contributed by atoms with E-state index in [9.17, 15) is 4.79 Å². The van der Waals surface area contributed by atoms with Crippen LogP contribution >= 0.6 is 11.8 Å². The first-order chi connectivity index (χ1) is 15.3. The average Bonchev–Trinajstić information content (AvgIpc) is 3.41. The summed E-state index contributed by atoms with van der Waals surface area (Å²) < 4.78 is 5.77. The second kappa shape index (κ2) is 8.52. The molecule has 154 valence electrons. The fourth-order valence-electron chi connectivity index (χ4n) is 4.45. The van der Waals surface area contributed by atoms with Crippen LogP contribution in [0.4, 0.5) is 0 Å². The van der Waals surface area contributed by atoms with Gasteiger partial charge in [-0.3, -0.25) is 0 Å². The maximum Gasteiger partial charge on any atom is 0.276 e. The summed E-state index contributed by atoms with van der Waals surface area (Å²) >= 11 is 1.57. The SMILES string of the molecule is O=CC1(CCCCSc2nnc(-c3ccccc3)o2)c2ccccc2-c2ccccc21. The lowest BCUT2D eigenvalue weighted by Gasteiger charge is -2.25. The van der Waals surface area contributed by atoms with Crippen molar-refractivity contribution in [2.75, 3.05) is 5.75 Å². The Hall–Kier alpha value is -3.18. The minimum Gasteiger partial charge on any atom is -0.411 e. The van der Waals surface area contributed by atoms with E-state index in [0.29, 0.717) is 11.1 Å². The van der Waals surface area contributed by atoms with Crippen LogP contribution in [0.15, 0.2) is 88.5 Å². The molecule has 5 heteroatoms. The first kappa shape index (κ1) is 19.8. The Kier molecular flexibility index (Phi) is 5.43.